The second-order valence-electron chi connectivity index (χ2n) is 6.10. The molecule has 0 fully saturated rings. The van der Waals surface area contributed by atoms with Crippen molar-refractivity contribution in [3.05, 3.63) is 52.2 Å². The summed E-state index contributed by atoms with van der Waals surface area (Å²) in [5.74, 6) is 0.426. The number of nitrogens with one attached hydrogen (secondary N) is 2. The zero-order chi connectivity index (χ0) is 17.0. The van der Waals surface area contributed by atoms with Gasteiger partial charge in [-0.25, -0.2) is 9.59 Å². The molecule has 0 saturated carbocycles. The summed E-state index contributed by atoms with van der Waals surface area (Å²) in [5, 5.41) is 6.84. The molecule has 0 atom stereocenters. The predicted octanol–water partition coefficient (Wildman–Crippen LogP) is 1.50. The minimum atomic E-state index is -0.523. The fraction of sp³-hybridized carbons (Fsp3) is 0.438. The Hall–Kier alpha value is -2.57. The molecule has 1 aromatic carbocycles. The minimum absolute atomic E-state index is 0.426. The van der Waals surface area contributed by atoms with Crippen LogP contribution in [-0.4, -0.2) is 33.1 Å². The number of amides is 1. The number of aromatic nitrogens is 3. The first-order valence-corrected chi connectivity index (χ1v) is 7.57. The Labute approximate surface area is 135 Å². The van der Waals surface area contributed by atoms with Crippen molar-refractivity contribution in [3.8, 4) is 0 Å². The normalized spacial score (nSPS) is 11.3. The summed E-state index contributed by atoms with van der Waals surface area (Å²) in [4.78, 5) is 24.4. The first-order chi connectivity index (χ1) is 10.8. The minimum Gasteiger partial charge on any atom is -0.331 e. The molecule has 124 valence electrons. The third-order valence-electron chi connectivity index (χ3n) is 3.68. The van der Waals surface area contributed by atoms with Crippen LogP contribution in [0.25, 0.3) is 0 Å². The molecular formula is C16H23N5O2. The van der Waals surface area contributed by atoms with Crippen molar-refractivity contribution in [2.45, 2.75) is 39.2 Å². The number of rotatable bonds is 5. The maximum Gasteiger partial charge on any atom is 0.373 e. The molecule has 0 aliphatic heterocycles. The van der Waals surface area contributed by atoms with Crippen molar-refractivity contribution in [1.29, 1.82) is 0 Å². The summed E-state index contributed by atoms with van der Waals surface area (Å²) in [6, 6.07) is 9.55. The highest BCUT2D eigenvalue weighted by molar-refractivity contribution is 5.76. The molecule has 0 unspecified atom stereocenters. The average molecular weight is 317 g/mol. The van der Waals surface area contributed by atoms with Gasteiger partial charge < -0.3 is 10.7 Å². The van der Waals surface area contributed by atoms with Crippen LogP contribution in [0.15, 0.2) is 35.1 Å². The van der Waals surface area contributed by atoms with Crippen LogP contribution >= 0.6 is 0 Å². The lowest BCUT2D eigenvalue weighted by atomic mass is 9.95. The Morgan fingerprint density at radius 1 is 1.26 bits per heavy atom. The second-order valence-corrected chi connectivity index (χ2v) is 6.10. The van der Waals surface area contributed by atoms with Crippen molar-refractivity contribution < 1.29 is 4.79 Å². The molecule has 0 aliphatic carbocycles. The van der Waals surface area contributed by atoms with Gasteiger partial charge in [-0.3, -0.25) is 0 Å². The van der Waals surface area contributed by atoms with Gasteiger partial charge in [0.1, 0.15) is 0 Å². The predicted molar refractivity (Wildman–Crippen MR) is 89.3 cm³/mol. The van der Waals surface area contributed by atoms with Crippen molar-refractivity contribution in [1.82, 2.24) is 19.8 Å². The summed E-state index contributed by atoms with van der Waals surface area (Å²) in [7, 11) is 1.60. The molecule has 7 heteroatoms. The number of nitrogens with zero attached hydrogens (tertiary/aromatic N) is 3. The van der Waals surface area contributed by atoms with Gasteiger partial charge in [0.25, 0.3) is 0 Å². The van der Waals surface area contributed by atoms with E-state index in [0.29, 0.717) is 5.82 Å². The van der Waals surface area contributed by atoms with E-state index >= 15 is 0 Å². The number of hydrogen-bond acceptors (Lipinski definition) is 4. The maximum absolute atomic E-state index is 12.3. The van der Waals surface area contributed by atoms with Gasteiger partial charge in [-0.2, -0.15) is 4.68 Å². The van der Waals surface area contributed by atoms with Crippen molar-refractivity contribution in [2.75, 3.05) is 12.5 Å². The van der Waals surface area contributed by atoms with Gasteiger partial charge >= 0.3 is 11.7 Å². The molecule has 2 N–H and O–H groups in total. The smallest absolute Gasteiger partial charge is 0.331 e. The summed E-state index contributed by atoms with van der Waals surface area (Å²) in [6.07, 6.45) is 1.59. The van der Waals surface area contributed by atoms with E-state index in [4.69, 9.17) is 0 Å². The second kappa shape index (κ2) is 6.68. The Bertz CT molecular complexity index is 731. The molecule has 1 amide bonds. The van der Waals surface area contributed by atoms with E-state index in [1.807, 2.05) is 32.0 Å². The van der Waals surface area contributed by atoms with Crippen LogP contribution in [0.5, 0.6) is 0 Å². The van der Waals surface area contributed by atoms with Crippen molar-refractivity contribution in [3.63, 3.8) is 0 Å². The SMILES string of the molecule is CNn1c(C)nn(C(=O)NC(C)(C)CCc2ccccc2)c1=O. The molecule has 2 aromatic rings. The lowest BCUT2D eigenvalue weighted by Crippen LogP contribution is -2.49. The van der Waals surface area contributed by atoms with Crippen molar-refractivity contribution >= 4 is 6.03 Å². The monoisotopic (exact) mass is 317 g/mol. The highest BCUT2D eigenvalue weighted by Gasteiger charge is 2.24. The maximum atomic E-state index is 12.3. The number of hydrogen-bond donors (Lipinski definition) is 2. The van der Waals surface area contributed by atoms with E-state index in [1.165, 1.54) is 10.2 Å². The molecular weight excluding hydrogens is 294 g/mol. The van der Waals surface area contributed by atoms with Gasteiger partial charge in [-0.15, -0.1) is 9.78 Å². The fourth-order valence-electron chi connectivity index (χ4n) is 2.36. The van der Waals surface area contributed by atoms with E-state index in [1.54, 1.807) is 14.0 Å². The standard InChI is InChI=1S/C16H23N5O2/c1-12-19-21(15(23)20(12)17-4)14(22)18-16(2,3)11-10-13-8-6-5-7-9-13/h5-9,17H,10-11H2,1-4H3,(H,18,22). The van der Waals surface area contributed by atoms with Crippen LogP contribution in [-0.2, 0) is 6.42 Å². The molecule has 0 radical (unpaired) electrons. The largest absolute Gasteiger partial charge is 0.373 e. The molecule has 23 heavy (non-hydrogen) atoms. The molecule has 2 rings (SSSR count). The van der Waals surface area contributed by atoms with Gasteiger partial charge in [-0.05, 0) is 39.2 Å². The van der Waals surface area contributed by atoms with Crippen LogP contribution in [0.2, 0.25) is 0 Å². The van der Waals surface area contributed by atoms with Crippen LogP contribution in [0, 0.1) is 6.92 Å². The van der Waals surface area contributed by atoms with E-state index in [2.05, 4.69) is 28.0 Å². The quantitative estimate of drug-likeness (QED) is 0.875. The fourth-order valence-corrected chi connectivity index (χ4v) is 2.36. The Morgan fingerprint density at radius 3 is 2.48 bits per heavy atom. The average Bonchev–Trinajstić information content (AvgIpc) is 2.80. The van der Waals surface area contributed by atoms with Gasteiger partial charge in [0.05, 0.1) is 0 Å². The number of benzene rings is 1. The van der Waals surface area contributed by atoms with Crippen LogP contribution in [0.3, 0.4) is 0 Å². The van der Waals surface area contributed by atoms with Crippen LogP contribution in [0.1, 0.15) is 31.7 Å². The Kier molecular flexibility index (Phi) is 4.88. The third-order valence-corrected chi connectivity index (χ3v) is 3.68. The number of aryl methyl sites for hydroxylation is 2. The first-order valence-electron chi connectivity index (χ1n) is 7.57. The van der Waals surface area contributed by atoms with Crippen molar-refractivity contribution in [2.24, 2.45) is 0 Å². The first kappa shape index (κ1) is 16.8. The number of carbonyl (C=O) groups excluding carboxylic acids is 1. The third kappa shape index (κ3) is 4.00. The Balaban J connectivity index is 2.05. The molecule has 0 spiro atoms. The summed E-state index contributed by atoms with van der Waals surface area (Å²) < 4.78 is 2.06. The highest BCUT2D eigenvalue weighted by atomic mass is 16.2. The molecule has 0 aliphatic rings. The van der Waals surface area contributed by atoms with Gasteiger partial charge in [0, 0.05) is 12.6 Å². The Morgan fingerprint density at radius 2 is 1.91 bits per heavy atom. The number of carbonyl (C=O) groups is 1. The van der Waals surface area contributed by atoms with Gasteiger partial charge in [0.2, 0.25) is 0 Å². The van der Waals surface area contributed by atoms with E-state index in [-0.39, 0.29) is 0 Å². The summed E-state index contributed by atoms with van der Waals surface area (Å²) in [6.45, 7) is 5.52. The molecule has 1 aromatic heterocycles. The molecule has 0 bridgehead atoms. The van der Waals surface area contributed by atoms with Gasteiger partial charge in [0.15, 0.2) is 5.82 Å². The zero-order valence-corrected chi connectivity index (χ0v) is 14.0. The molecule has 0 saturated heterocycles. The van der Waals surface area contributed by atoms with Gasteiger partial charge in [-0.1, -0.05) is 30.3 Å². The highest BCUT2D eigenvalue weighted by Crippen LogP contribution is 2.13. The van der Waals surface area contributed by atoms with E-state index in [9.17, 15) is 9.59 Å². The van der Waals surface area contributed by atoms with Crippen LogP contribution in [0.4, 0.5) is 4.79 Å². The van der Waals surface area contributed by atoms with E-state index in [0.717, 1.165) is 17.5 Å². The van der Waals surface area contributed by atoms with E-state index < -0.39 is 17.3 Å². The zero-order valence-electron chi connectivity index (χ0n) is 14.0. The van der Waals surface area contributed by atoms with Crippen LogP contribution < -0.4 is 16.4 Å². The lowest BCUT2D eigenvalue weighted by Gasteiger charge is -2.25. The lowest BCUT2D eigenvalue weighted by molar-refractivity contribution is 0.225. The summed E-state index contributed by atoms with van der Waals surface area (Å²) in [5.41, 5.74) is 2.93. The molecule has 7 nitrogen and oxygen atoms in total. The molecule has 1 heterocycles. The topological polar surface area (TPSA) is 81.0 Å². The summed E-state index contributed by atoms with van der Waals surface area (Å²) >= 11 is 0.